The van der Waals surface area contributed by atoms with Crippen molar-refractivity contribution in [1.82, 2.24) is 0 Å². The van der Waals surface area contributed by atoms with E-state index in [0.29, 0.717) is 0 Å². The molecule has 0 radical (unpaired) electrons. The average molecular weight is 167 g/mol. The Labute approximate surface area is 72.2 Å². The Balaban J connectivity index is 2.83. The SMILES string of the molecule is CC1(C)C=CC=C(SN)C=C1. The van der Waals surface area contributed by atoms with E-state index in [4.69, 9.17) is 5.14 Å². The highest BCUT2D eigenvalue weighted by atomic mass is 32.2. The van der Waals surface area contributed by atoms with Crippen LogP contribution >= 0.6 is 11.9 Å². The van der Waals surface area contributed by atoms with Crippen molar-refractivity contribution in [2.75, 3.05) is 0 Å². The predicted octanol–water partition coefficient (Wildman–Crippen LogP) is 2.63. The van der Waals surface area contributed by atoms with Crippen molar-refractivity contribution >= 4 is 11.9 Å². The molecule has 1 rings (SSSR count). The molecule has 0 aromatic heterocycles. The number of nitrogens with two attached hydrogens (primary N) is 1. The van der Waals surface area contributed by atoms with Gasteiger partial charge >= 0.3 is 0 Å². The van der Waals surface area contributed by atoms with Gasteiger partial charge in [0.25, 0.3) is 0 Å². The van der Waals surface area contributed by atoms with Crippen molar-refractivity contribution in [1.29, 1.82) is 0 Å². The van der Waals surface area contributed by atoms with Gasteiger partial charge in [-0.15, -0.1) is 0 Å². The van der Waals surface area contributed by atoms with E-state index in [2.05, 4.69) is 38.2 Å². The lowest BCUT2D eigenvalue weighted by Gasteiger charge is -2.12. The molecule has 2 N–H and O–H groups in total. The number of rotatable bonds is 1. The molecule has 1 aliphatic rings. The van der Waals surface area contributed by atoms with Crippen LogP contribution in [0, 0.1) is 5.41 Å². The number of hydrogen-bond donors (Lipinski definition) is 1. The van der Waals surface area contributed by atoms with Crippen LogP contribution in [0.5, 0.6) is 0 Å². The third kappa shape index (κ3) is 2.56. The molecule has 0 aromatic rings. The molecule has 0 heterocycles. The molecule has 0 saturated heterocycles. The normalized spacial score (nSPS) is 21.2. The molecule has 0 fully saturated rings. The van der Waals surface area contributed by atoms with Gasteiger partial charge in [-0.1, -0.05) is 38.2 Å². The summed E-state index contributed by atoms with van der Waals surface area (Å²) >= 11 is 1.28. The quantitative estimate of drug-likeness (QED) is 0.607. The Bertz CT molecular complexity index is 224. The summed E-state index contributed by atoms with van der Waals surface area (Å²) in [7, 11) is 0. The zero-order valence-electron chi connectivity index (χ0n) is 6.87. The highest BCUT2D eigenvalue weighted by Crippen LogP contribution is 2.24. The van der Waals surface area contributed by atoms with Crippen LogP contribution < -0.4 is 5.14 Å². The first-order valence-electron chi connectivity index (χ1n) is 3.59. The van der Waals surface area contributed by atoms with E-state index in [0.717, 1.165) is 4.91 Å². The molecule has 0 atom stereocenters. The highest BCUT2D eigenvalue weighted by molar-refractivity contribution is 8.01. The van der Waals surface area contributed by atoms with Crippen LogP contribution in [0.4, 0.5) is 0 Å². The lowest BCUT2D eigenvalue weighted by Crippen LogP contribution is -2.00. The zero-order valence-corrected chi connectivity index (χ0v) is 7.69. The van der Waals surface area contributed by atoms with Gasteiger partial charge in [-0.05, 0) is 18.0 Å². The molecule has 1 nitrogen and oxygen atoms in total. The Morgan fingerprint density at radius 1 is 1.36 bits per heavy atom. The summed E-state index contributed by atoms with van der Waals surface area (Å²) in [5.74, 6) is 0. The van der Waals surface area contributed by atoms with Gasteiger partial charge in [0.15, 0.2) is 0 Å². The van der Waals surface area contributed by atoms with Gasteiger partial charge in [-0.3, -0.25) is 5.14 Å². The molecule has 2 heteroatoms. The van der Waals surface area contributed by atoms with Crippen molar-refractivity contribution in [2.24, 2.45) is 10.6 Å². The van der Waals surface area contributed by atoms with Gasteiger partial charge < -0.3 is 0 Å². The Morgan fingerprint density at radius 3 is 2.73 bits per heavy atom. The maximum Gasteiger partial charge on any atom is 0.0222 e. The minimum atomic E-state index is 0.161. The van der Waals surface area contributed by atoms with Crippen LogP contribution in [0.2, 0.25) is 0 Å². The van der Waals surface area contributed by atoms with E-state index in [-0.39, 0.29) is 5.41 Å². The van der Waals surface area contributed by atoms with Crippen LogP contribution in [-0.4, -0.2) is 0 Å². The lowest BCUT2D eigenvalue weighted by molar-refractivity contribution is 0.627. The van der Waals surface area contributed by atoms with Crippen LogP contribution in [0.15, 0.2) is 35.3 Å². The molecule has 0 aliphatic heterocycles. The summed E-state index contributed by atoms with van der Waals surface area (Å²) in [6, 6.07) is 0. The second-order valence-corrected chi connectivity index (χ2v) is 3.91. The molecule has 0 spiro atoms. The molecule has 0 amide bonds. The van der Waals surface area contributed by atoms with Crippen molar-refractivity contribution in [3.8, 4) is 0 Å². The molecular weight excluding hydrogens is 154 g/mol. The number of allylic oxidation sites excluding steroid dienone is 5. The average Bonchev–Trinajstić information content (AvgIpc) is 2.10. The molecule has 0 saturated carbocycles. The summed E-state index contributed by atoms with van der Waals surface area (Å²) in [6.45, 7) is 4.33. The first-order valence-corrected chi connectivity index (χ1v) is 4.47. The third-order valence-corrected chi connectivity index (χ3v) is 2.14. The fourth-order valence-corrected chi connectivity index (χ4v) is 1.18. The lowest BCUT2D eigenvalue weighted by atomic mass is 9.93. The van der Waals surface area contributed by atoms with Crippen LogP contribution in [0.3, 0.4) is 0 Å². The van der Waals surface area contributed by atoms with E-state index in [1.807, 2.05) is 6.08 Å². The standard InChI is InChI=1S/C9H13NS/c1-9(2)6-3-4-8(11-10)5-7-9/h3-7H,10H2,1-2H3. The molecule has 11 heavy (non-hydrogen) atoms. The van der Waals surface area contributed by atoms with E-state index >= 15 is 0 Å². The van der Waals surface area contributed by atoms with Gasteiger partial charge in [-0.2, -0.15) is 0 Å². The summed E-state index contributed by atoms with van der Waals surface area (Å²) in [5, 5.41) is 5.42. The minimum absolute atomic E-state index is 0.161. The largest absolute Gasteiger partial charge is 0.274 e. The Kier molecular flexibility index (Phi) is 2.58. The Hall–Kier alpha value is -0.470. The zero-order chi connectivity index (χ0) is 8.32. The smallest absolute Gasteiger partial charge is 0.0222 e. The van der Waals surface area contributed by atoms with Gasteiger partial charge in [0.1, 0.15) is 0 Å². The van der Waals surface area contributed by atoms with Crippen LogP contribution in [0.25, 0.3) is 0 Å². The first kappa shape index (κ1) is 8.62. The summed E-state index contributed by atoms with van der Waals surface area (Å²) in [6.07, 6.45) is 10.4. The van der Waals surface area contributed by atoms with Crippen molar-refractivity contribution in [3.63, 3.8) is 0 Å². The van der Waals surface area contributed by atoms with Crippen LogP contribution in [-0.2, 0) is 0 Å². The van der Waals surface area contributed by atoms with Crippen molar-refractivity contribution < 1.29 is 0 Å². The van der Waals surface area contributed by atoms with Gasteiger partial charge in [0, 0.05) is 10.3 Å². The van der Waals surface area contributed by atoms with Gasteiger partial charge in [-0.25, -0.2) is 0 Å². The van der Waals surface area contributed by atoms with E-state index < -0.39 is 0 Å². The van der Waals surface area contributed by atoms with Gasteiger partial charge in [0.05, 0.1) is 0 Å². The van der Waals surface area contributed by atoms with Crippen molar-refractivity contribution in [2.45, 2.75) is 13.8 Å². The second-order valence-electron chi connectivity index (χ2n) is 3.20. The summed E-state index contributed by atoms with van der Waals surface area (Å²) < 4.78 is 0. The monoisotopic (exact) mass is 167 g/mol. The number of hydrogen-bond acceptors (Lipinski definition) is 2. The van der Waals surface area contributed by atoms with E-state index in [1.54, 1.807) is 0 Å². The maximum atomic E-state index is 5.42. The predicted molar refractivity (Wildman–Crippen MR) is 51.9 cm³/mol. The maximum absolute atomic E-state index is 5.42. The second kappa shape index (κ2) is 3.28. The minimum Gasteiger partial charge on any atom is -0.274 e. The van der Waals surface area contributed by atoms with E-state index in [1.165, 1.54) is 11.9 Å². The van der Waals surface area contributed by atoms with E-state index in [9.17, 15) is 0 Å². The first-order chi connectivity index (χ1) is 5.14. The topological polar surface area (TPSA) is 26.0 Å². The molecule has 0 unspecified atom stereocenters. The van der Waals surface area contributed by atoms with Crippen molar-refractivity contribution in [3.05, 3.63) is 35.3 Å². The molecule has 1 aliphatic carbocycles. The fourth-order valence-electron chi connectivity index (χ4n) is 0.878. The summed E-state index contributed by atoms with van der Waals surface area (Å²) in [5.41, 5.74) is 0.161. The fraction of sp³-hybridized carbons (Fsp3) is 0.333. The Morgan fingerprint density at radius 2 is 2.09 bits per heavy atom. The molecular formula is C9H13NS. The summed E-state index contributed by atoms with van der Waals surface area (Å²) in [4.78, 5) is 1.10. The third-order valence-electron chi connectivity index (χ3n) is 1.60. The molecule has 60 valence electrons. The van der Waals surface area contributed by atoms with Crippen LogP contribution in [0.1, 0.15) is 13.8 Å². The molecule has 0 bridgehead atoms. The van der Waals surface area contributed by atoms with Gasteiger partial charge in [0.2, 0.25) is 0 Å². The highest BCUT2D eigenvalue weighted by Gasteiger charge is 2.09. The molecule has 0 aromatic carbocycles.